The Labute approximate surface area is 113 Å². The van der Waals surface area contributed by atoms with Crippen LogP contribution in [0.15, 0.2) is 18.2 Å². The van der Waals surface area contributed by atoms with Gasteiger partial charge in [0.2, 0.25) is 0 Å². The monoisotopic (exact) mass is 268 g/mol. The first-order valence-electron chi connectivity index (χ1n) is 7.01. The molecule has 0 saturated carbocycles. The van der Waals surface area contributed by atoms with Gasteiger partial charge in [0.25, 0.3) is 0 Å². The largest absolute Gasteiger partial charge is 0.319 e. The van der Waals surface area contributed by atoms with E-state index in [0.29, 0.717) is 11.5 Å². The minimum Gasteiger partial charge on any atom is -0.319 e. The predicted molar refractivity (Wildman–Crippen MR) is 73.0 cm³/mol. The number of hydrogen-bond donors (Lipinski definition) is 1. The SMILES string of the molecule is CCCN1CCC(CNC)C1c1cc(F)ccc1F. The molecule has 0 aliphatic carbocycles. The van der Waals surface area contributed by atoms with Crippen LogP contribution in [0.5, 0.6) is 0 Å². The van der Waals surface area contributed by atoms with Gasteiger partial charge in [0, 0.05) is 11.6 Å². The van der Waals surface area contributed by atoms with Crippen LogP contribution in [-0.4, -0.2) is 31.6 Å². The highest BCUT2D eigenvalue weighted by atomic mass is 19.1. The molecule has 0 amide bonds. The Morgan fingerprint density at radius 1 is 1.37 bits per heavy atom. The van der Waals surface area contributed by atoms with E-state index in [1.807, 2.05) is 7.05 Å². The van der Waals surface area contributed by atoms with Crippen molar-refractivity contribution in [2.24, 2.45) is 5.92 Å². The Balaban J connectivity index is 2.31. The lowest BCUT2D eigenvalue weighted by Gasteiger charge is -2.28. The number of nitrogens with one attached hydrogen (secondary N) is 1. The van der Waals surface area contributed by atoms with E-state index in [9.17, 15) is 8.78 Å². The summed E-state index contributed by atoms with van der Waals surface area (Å²) in [6.45, 7) is 4.84. The Bertz CT molecular complexity index is 409. The fourth-order valence-corrected chi connectivity index (χ4v) is 3.13. The lowest BCUT2D eigenvalue weighted by atomic mass is 9.93. The zero-order chi connectivity index (χ0) is 13.8. The molecule has 1 aromatic carbocycles. The molecule has 1 fully saturated rings. The van der Waals surface area contributed by atoms with Crippen LogP contribution in [0.1, 0.15) is 31.4 Å². The van der Waals surface area contributed by atoms with Crippen LogP contribution in [0.3, 0.4) is 0 Å². The van der Waals surface area contributed by atoms with Crippen LogP contribution >= 0.6 is 0 Å². The highest BCUT2D eigenvalue weighted by Crippen LogP contribution is 2.38. The maximum Gasteiger partial charge on any atom is 0.128 e. The number of halogens is 2. The maximum atomic E-state index is 14.0. The average Bonchev–Trinajstić information content (AvgIpc) is 2.76. The van der Waals surface area contributed by atoms with Crippen molar-refractivity contribution in [1.29, 1.82) is 0 Å². The van der Waals surface area contributed by atoms with Gasteiger partial charge in [-0.05, 0) is 63.6 Å². The topological polar surface area (TPSA) is 15.3 Å². The molecule has 2 atom stereocenters. The first-order valence-corrected chi connectivity index (χ1v) is 7.01. The quantitative estimate of drug-likeness (QED) is 0.883. The van der Waals surface area contributed by atoms with E-state index in [0.717, 1.165) is 32.5 Å². The lowest BCUT2D eigenvalue weighted by molar-refractivity contribution is 0.222. The molecule has 1 aliphatic rings. The normalized spacial score (nSPS) is 24.0. The van der Waals surface area contributed by atoms with Crippen LogP contribution in [0.2, 0.25) is 0 Å². The van der Waals surface area contributed by atoms with Crippen molar-refractivity contribution < 1.29 is 8.78 Å². The molecule has 0 bridgehead atoms. The van der Waals surface area contributed by atoms with Gasteiger partial charge < -0.3 is 5.32 Å². The van der Waals surface area contributed by atoms with E-state index in [-0.39, 0.29) is 17.7 Å². The summed E-state index contributed by atoms with van der Waals surface area (Å²) in [5.74, 6) is -0.314. The maximum absolute atomic E-state index is 14.0. The Morgan fingerprint density at radius 2 is 2.16 bits per heavy atom. The molecule has 0 spiro atoms. The van der Waals surface area contributed by atoms with Crippen molar-refractivity contribution in [2.45, 2.75) is 25.8 Å². The van der Waals surface area contributed by atoms with Gasteiger partial charge >= 0.3 is 0 Å². The molecule has 1 aliphatic heterocycles. The fraction of sp³-hybridized carbons (Fsp3) is 0.600. The smallest absolute Gasteiger partial charge is 0.128 e. The summed E-state index contributed by atoms with van der Waals surface area (Å²) in [5.41, 5.74) is 0.506. The van der Waals surface area contributed by atoms with E-state index in [4.69, 9.17) is 0 Å². The molecule has 1 heterocycles. The van der Waals surface area contributed by atoms with Gasteiger partial charge in [0.15, 0.2) is 0 Å². The Kier molecular flexibility index (Phi) is 4.88. The summed E-state index contributed by atoms with van der Waals surface area (Å²) in [6, 6.07) is 3.77. The van der Waals surface area contributed by atoms with Gasteiger partial charge in [-0.1, -0.05) is 6.92 Å². The number of benzene rings is 1. The van der Waals surface area contributed by atoms with Gasteiger partial charge in [0.05, 0.1) is 0 Å². The van der Waals surface area contributed by atoms with Crippen LogP contribution in [0.4, 0.5) is 8.78 Å². The highest BCUT2D eigenvalue weighted by molar-refractivity contribution is 5.24. The number of hydrogen-bond acceptors (Lipinski definition) is 2. The van der Waals surface area contributed by atoms with Crippen molar-refractivity contribution in [3.63, 3.8) is 0 Å². The van der Waals surface area contributed by atoms with Crippen molar-refractivity contribution in [2.75, 3.05) is 26.7 Å². The molecule has 4 heteroatoms. The third-order valence-corrected chi connectivity index (χ3v) is 3.88. The highest BCUT2D eigenvalue weighted by Gasteiger charge is 2.35. The van der Waals surface area contributed by atoms with Crippen LogP contribution in [0, 0.1) is 17.6 Å². The van der Waals surface area contributed by atoms with Crippen molar-refractivity contribution >= 4 is 0 Å². The molecule has 2 unspecified atom stereocenters. The van der Waals surface area contributed by atoms with Gasteiger partial charge in [0.1, 0.15) is 11.6 Å². The van der Waals surface area contributed by atoms with Gasteiger partial charge in [-0.2, -0.15) is 0 Å². The first kappa shape index (κ1) is 14.4. The van der Waals surface area contributed by atoms with Gasteiger partial charge in [-0.3, -0.25) is 4.90 Å². The van der Waals surface area contributed by atoms with Crippen molar-refractivity contribution in [1.82, 2.24) is 10.2 Å². The molecule has 2 nitrogen and oxygen atoms in total. The van der Waals surface area contributed by atoms with E-state index in [2.05, 4.69) is 17.1 Å². The third kappa shape index (κ3) is 3.12. The third-order valence-electron chi connectivity index (χ3n) is 3.88. The second kappa shape index (κ2) is 6.44. The molecule has 1 saturated heterocycles. The molecule has 19 heavy (non-hydrogen) atoms. The van der Waals surface area contributed by atoms with E-state index < -0.39 is 0 Å². The lowest BCUT2D eigenvalue weighted by Crippen LogP contribution is -2.30. The molecule has 1 aromatic rings. The molecule has 2 rings (SSSR count). The van der Waals surface area contributed by atoms with Gasteiger partial charge in [-0.15, -0.1) is 0 Å². The van der Waals surface area contributed by atoms with E-state index in [1.54, 1.807) is 0 Å². The van der Waals surface area contributed by atoms with Crippen LogP contribution in [0.25, 0.3) is 0 Å². The summed E-state index contributed by atoms with van der Waals surface area (Å²) in [6.07, 6.45) is 2.06. The van der Waals surface area contributed by atoms with E-state index in [1.165, 1.54) is 18.2 Å². The molecule has 1 N–H and O–H groups in total. The van der Waals surface area contributed by atoms with Crippen LogP contribution < -0.4 is 5.32 Å². The predicted octanol–water partition coefficient (Wildman–Crippen LogP) is 2.96. The zero-order valence-electron chi connectivity index (χ0n) is 11.6. The molecular formula is C15H22F2N2. The standard InChI is InChI=1S/C15H22F2N2/c1-3-7-19-8-6-11(10-18-2)15(19)13-9-12(16)4-5-14(13)17/h4-5,9,11,15,18H,3,6-8,10H2,1-2H3. The fourth-order valence-electron chi connectivity index (χ4n) is 3.13. The molecule has 106 valence electrons. The van der Waals surface area contributed by atoms with Crippen molar-refractivity contribution in [3.05, 3.63) is 35.4 Å². The Hall–Kier alpha value is -1.00. The summed E-state index contributed by atoms with van der Waals surface area (Å²) >= 11 is 0. The first-order chi connectivity index (χ1) is 9.17. The number of rotatable bonds is 5. The van der Waals surface area contributed by atoms with E-state index >= 15 is 0 Å². The summed E-state index contributed by atoms with van der Waals surface area (Å²) < 4.78 is 27.5. The summed E-state index contributed by atoms with van der Waals surface area (Å²) in [5, 5.41) is 3.16. The minimum absolute atomic E-state index is 0.0110. The minimum atomic E-state index is -0.358. The second-order valence-electron chi connectivity index (χ2n) is 5.25. The molecular weight excluding hydrogens is 246 g/mol. The van der Waals surface area contributed by atoms with Gasteiger partial charge in [-0.25, -0.2) is 8.78 Å². The average molecular weight is 268 g/mol. The number of likely N-dealkylation sites (tertiary alicyclic amines) is 1. The van der Waals surface area contributed by atoms with Crippen LogP contribution in [-0.2, 0) is 0 Å². The Morgan fingerprint density at radius 3 is 2.84 bits per heavy atom. The molecule has 0 radical (unpaired) electrons. The summed E-state index contributed by atoms with van der Waals surface area (Å²) in [7, 11) is 1.90. The zero-order valence-corrected chi connectivity index (χ0v) is 11.6. The second-order valence-corrected chi connectivity index (χ2v) is 5.25. The number of nitrogens with zero attached hydrogens (tertiary/aromatic N) is 1. The molecule has 0 aromatic heterocycles. The summed E-state index contributed by atoms with van der Waals surface area (Å²) in [4.78, 5) is 2.28. The van der Waals surface area contributed by atoms with Crippen molar-refractivity contribution in [3.8, 4) is 0 Å².